The fourth-order valence-electron chi connectivity index (χ4n) is 2.21. The van der Waals surface area contributed by atoms with Crippen molar-refractivity contribution < 1.29 is 9.47 Å². The van der Waals surface area contributed by atoms with Crippen LogP contribution in [0.25, 0.3) is 10.9 Å². The summed E-state index contributed by atoms with van der Waals surface area (Å²) in [5, 5.41) is 16.5. The predicted molar refractivity (Wildman–Crippen MR) is 89.8 cm³/mol. The van der Waals surface area contributed by atoms with Gasteiger partial charge < -0.3 is 14.8 Å². The molecule has 3 aromatic rings. The average molecular weight is 331 g/mol. The number of methoxy groups -OCH3 is 1. The number of ether oxygens (including phenoxy) is 2. The number of benzene rings is 2. The first kappa shape index (κ1) is 15.3. The van der Waals surface area contributed by atoms with Gasteiger partial charge in [-0.25, -0.2) is 0 Å². The minimum absolute atomic E-state index is 0.536. The Labute approximate surface area is 138 Å². The highest BCUT2D eigenvalue weighted by molar-refractivity contribution is 6.30. The third-order valence-corrected chi connectivity index (χ3v) is 3.46. The van der Waals surface area contributed by atoms with Gasteiger partial charge in [-0.2, -0.15) is 0 Å². The molecule has 0 aliphatic carbocycles. The second-order valence-corrected chi connectivity index (χ2v) is 5.16. The molecule has 23 heavy (non-hydrogen) atoms. The molecule has 0 aliphatic heterocycles. The largest absolute Gasteiger partial charge is 0.493 e. The second-order valence-electron chi connectivity index (χ2n) is 4.73. The molecule has 118 valence electrons. The molecule has 0 bridgehead atoms. The topological polar surface area (TPSA) is 69.2 Å². The molecule has 0 atom stereocenters. The first-order valence-electron chi connectivity index (χ1n) is 7.07. The molecule has 0 saturated carbocycles. The van der Waals surface area contributed by atoms with Gasteiger partial charge in [-0.15, -0.1) is 10.2 Å². The number of fused-ring (bicyclic) bond motifs is 1. The molecule has 6 nitrogen and oxygen atoms in total. The number of hydrogen-bond acceptors (Lipinski definition) is 6. The van der Waals surface area contributed by atoms with Crippen LogP contribution in [0, 0.1) is 0 Å². The fourth-order valence-corrected chi connectivity index (χ4v) is 2.40. The van der Waals surface area contributed by atoms with Crippen LogP contribution in [0.4, 0.5) is 11.5 Å². The number of nitrogens with zero attached hydrogens (tertiary/aromatic N) is 3. The van der Waals surface area contributed by atoms with Crippen LogP contribution < -0.4 is 14.8 Å². The summed E-state index contributed by atoms with van der Waals surface area (Å²) in [6, 6.07) is 11.0. The third-order valence-electron chi connectivity index (χ3n) is 3.22. The highest BCUT2D eigenvalue weighted by Crippen LogP contribution is 2.34. The summed E-state index contributed by atoms with van der Waals surface area (Å²) in [5.41, 5.74) is 1.47. The van der Waals surface area contributed by atoms with E-state index in [-0.39, 0.29) is 0 Å². The minimum atomic E-state index is 0.536. The molecule has 0 aliphatic rings. The third kappa shape index (κ3) is 3.27. The zero-order chi connectivity index (χ0) is 16.2. The monoisotopic (exact) mass is 330 g/mol. The molecule has 0 radical (unpaired) electrons. The standard InChI is InChI=1S/C16H15ClN4O2/c1-3-23-15-9-13-12(8-14(15)22-2)16(20-21-19-13)18-11-6-4-5-10(17)7-11/h4-9H,3H2,1-2H3,(H,18,19,20). The maximum absolute atomic E-state index is 6.01. The van der Waals surface area contributed by atoms with Gasteiger partial charge in [0.2, 0.25) is 0 Å². The van der Waals surface area contributed by atoms with Gasteiger partial charge in [0, 0.05) is 16.8 Å². The maximum Gasteiger partial charge on any atom is 0.164 e. The van der Waals surface area contributed by atoms with Crippen molar-refractivity contribution in [3.8, 4) is 11.5 Å². The lowest BCUT2D eigenvalue weighted by atomic mass is 10.2. The maximum atomic E-state index is 6.01. The molecule has 7 heteroatoms. The van der Waals surface area contributed by atoms with Crippen LogP contribution in [0.1, 0.15) is 6.92 Å². The highest BCUT2D eigenvalue weighted by Gasteiger charge is 2.12. The minimum Gasteiger partial charge on any atom is -0.493 e. The Morgan fingerprint density at radius 1 is 1.13 bits per heavy atom. The molecule has 2 aromatic carbocycles. The molecule has 0 unspecified atom stereocenters. The van der Waals surface area contributed by atoms with E-state index in [2.05, 4.69) is 20.7 Å². The Morgan fingerprint density at radius 2 is 2.00 bits per heavy atom. The van der Waals surface area contributed by atoms with Gasteiger partial charge in [-0.05, 0) is 36.4 Å². The SMILES string of the molecule is CCOc1cc2nnnc(Nc3cccc(Cl)c3)c2cc1OC. The van der Waals surface area contributed by atoms with Crippen LogP contribution in [0.15, 0.2) is 36.4 Å². The van der Waals surface area contributed by atoms with E-state index in [1.54, 1.807) is 25.3 Å². The van der Waals surface area contributed by atoms with Crippen molar-refractivity contribution in [2.45, 2.75) is 6.92 Å². The molecule has 0 spiro atoms. The van der Waals surface area contributed by atoms with Gasteiger partial charge in [-0.3, -0.25) is 0 Å². The Kier molecular flexibility index (Phi) is 4.43. The number of anilines is 2. The number of rotatable bonds is 5. The molecule has 0 fully saturated rings. The van der Waals surface area contributed by atoms with E-state index < -0.39 is 0 Å². The van der Waals surface area contributed by atoms with Gasteiger partial charge in [0.25, 0.3) is 0 Å². The zero-order valence-corrected chi connectivity index (χ0v) is 13.5. The smallest absolute Gasteiger partial charge is 0.164 e. The van der Waals surface area contributed by atoms with E-state index in [1.165, 1.54) is 0 Å². The van der Waals surface area contributed by atoms with E-state index in [0.717, 1.165) is 11.1 Å². The van der Waals surface area contributed by atoms with Crippen molar-refractivity contribution >= 4 is 34.0 Å². The van der Waals surface area contributed by atoms with Crippen LogP contribution in [-0.4, -0.2) is 29.1 Å². The number of nitrogens with one attached hydrogen (secondary N) is 1. The van der Waals surface area contributed by atoms with E-state index in [1.807, 2.05) is 25.1 Å². The van der Waals surface area contributed by atoms with Crippen LogP contribution in [0.3, 0.4) is 0 Å². The zero-order valence-electron chi connectivity index (χ0n) is 12.7. The van der Waals surface area contributed by atoms with Crippen LogP contribution >= 0.6 is 11.6 Å². The summed E-state index contributed by atoms with van der Waals surface area (Å²) in [5.74, 6) is 1.80. The molecule has 1 N–H and O–H groups in total. The van der Waals surface area contributed by atoms with Crippen LogP contribution in [-0.2, 0) is 0 Å². The summed E-state index contributed by atoms with van der Waals surface area (Å²) in [4.78, 5) is 0. The summed E-state index contributed by atoms with van der Waals surface area (Å²) in [7, 11) is 1.59. The number of hydrogen-bond donors (Lipinski definition) is 1. The number of halogens is 1. The second kappa shape index (κ2) is 6.66. The van der Waals surface area contributed by atoms with E-state index in [0.29, 0.717) is 34.5 Å². The lowest BCUT2D eigenvalue weighted by Gasteiger charge is -2.12. The van der Waals surface area contributed by atoms with E-state index >= 15 is 0 Å². The average Bonchev–Trinajstić information content (AvgIpc) is 2.55. The van der Waals surface area contributed by atoms with Crippen LogP contribution in [0.2, 0.25) is 5.02 Å². The summed E-state index contributed by atoms with van der Waals surface area (Å²) >= 11 is 6.01. The summed E-state index contributed by atoms with van der Waals surface area (Å²) < 4.78 is 10.9. The first-order valence-corrected chi connectivity index (χ1v) is 7.45. The molecule has 0 amide bonds. The Balaban J connectivity index is 2.07. The van der Waals surface area contributed by atoms with Crippen LogP contribution in [0.5, 0.6) is 11.5 Å². The van der Waals surface area contributed by atoms with Crippen molar-refractivity contribution in [3.63, 3.8) is 0 Å². The van der Waals surface area contributed by atoms with E-state index in [4.69, 9.17) is 21.1 Å². The molecule has 1 heterocycles. The Bertz CT molecular complexity index is 841. The van der Waals surface area contributed by atoms with Gasteiger partial charge in [0.1, 0.15) is 5.52 Å². The normalized spacial score (nSPS) is 10.6. The molecule has 0 saturated heterocycles. The number of aromatic nitrogens is 3. The van der Waals surface area contributed by atoms with Crippen molar-refractivity contribution in [2.24, 2.45) is 0 Å². The first-order chi connectivity index (χ1) is 11.2. The lowest BCUT2D eigenvalue weighted by molar-refractivity contribution is 0.311. The van der Waals surface area contributed by atoms with E-state index in [9.17, 15) is 0 Å². The van der Waals surface area contributed by atoms with Crippen molar-refractivity contribution in [1.29, 1.82) is 0 Å². The molecular weight excluding hydrogens is 316 g/mol. The quantitative estimate of drug-likeness (QED) is 0.766. The highest BCUT2D eigenvalue weighted by atomic mass is 35.5. The summed E-state index contributed by atoms with van der Waals surface area (Å²) in [6.07, 6.45) is 0. The van der Waals surface area contributed by atoms with Gasteiger partial charge in [0.15, 0.2) is 17.3 Å². The Hall–Kier alpha value is -2.60. The van der Waals surface area contributed by atoms with Gasteiger partial charge in [-0.1, -0.05) is 17.7 Å². The fraction of sp³-hybridized carbons (Fsp3) is 0.188. The molecular formula is C16H15ClN4O2. The Morgan fingerprint density at radius 3 is 2.74 bits per heavy atom. The predicted octanol–water partition coefficient (Wildman–Crippen LogP) is 3.83. The van der Waals surface area contributed by atoms with Gasteiger partial charge in [0.05, 0.1) is 19.1 Å². The van der Waals surface area contributed by atoms with Crippen molar-refractivity contribution in [2.75, 3.05) is 19.0 Å². The summed E-state index contributed by atoms with van der Waals surface area (Å²) in [6.45, 7) is 2.45. The lowest BCUT2D eigenvalue weighted by Crippen LogP contribution is -2.01. The molecule has 1 aromatic heterocycles. The van der Waals surface area contributed by atoms with Gasteiger partial charge >= 0.3 is 0 Å². The molecule has 3 rings (SSSR count). The van der Waals surface area contributed by atoms with Crippen molar-refractivity contribution in [1.82, 2.24) is 15.4 Å². The van der Waals surface area contributed by atoms with Crippen molar-refractivity contribution in [3.05, 3.63) is 41.4 Å².